The predicted octanol–water partition coefficient (Wildman–Crippen LogP) is 2.89. The summed E-state index contributed by atoms with van der Waals surface area (Å²) in [6.07, 6.45) is 4.77. The van der Waals surface area contributed by atoms with Crippen molar-refractivity contribution in [2.45, 2.75) is 33.2 Å². The fourth-order valence-corrected chi connectivity index (χ4v) is 3.92. The zero-order chi connectivity index (χ0) is 21.3. The second kappa shape index (κ2) is 7.90. The topological polar surface area (TPSA) is 95.2 Å². The van der Waals surface area contributed by atoms with E-state index < -0.39 is 10.0 Å². The third-order valence-corrected chi connectivity index (χ3v) is 5.32. The van der Waals surface area contributed by atoms with Crippen LogP contribution in [0.15, 0.2) is 29.2 Å². The number of pyridine rings is 1. The maximum atomic E-state index is 12.1. The van der Waals surface area contributed by atoms with Crippen LogP contribution in [0.1, 0.15) is 25.3 Å². The van der Waals surface area contributed by atoms with Crippen LogP contribution in [-0.4, -0.2) is 35.9 Å². The number of anilines is 1. The largest absolute Gasteiger partial charge is 0.468 e. The zero-order valence-corrected chi connectivity index (χ0v) is 18.1. The van der Waals surface area contributed by atoms with Gasteiger partial charge in [0.2, 0.25) is 10.0 Å². The summed E-state index contributed by atoms with van der Waals surface area (Å²) in [6.45, 7) is 4.56. The van der Waals surface area contributed by atoms with Crippen molar-refractivity contribution in [3.63, 3.8) is 0 Å². The van der Waals surface area contributed by atoms with Gasteiger partial charge in [0.15, 0.2) is 0 Å². The van der Waals surface area contributed by atoms with Crippen molar-refractivity contribution < 1.29 is 13.2 Å². The summed E-state index contributed by atoms with van der Waals surface area (Å²) in [4.78, 5) is 16.6. The number of hydrogen-bond acceptors (Lipinski definition) is 5. The first-order valence-electron chi connectivity index (χ1n) is 9.38. The first-order chi connectivity index (χ1) is 13.6. The van der Waals surface area contributed by atoms with Crippen molar-refractivity contribution in [3.8, 4) is 17.1 Å². The molecule has 0 spiro atoms. The molecular weight excluding hydrogens is 392 g/mol. The molecule has 0 radical (unpaired) electrons. The molecule has 2 aromatic heterocycles. The van der Waals surface area contributed by atoms with Crippen LogP contribution in [0.3, 0.4) is 0 Å². The molecule has 3 rings (SSSR count). The van der Waals surface area contributed by atoms with Crippen molar-refractivity contribution in [1.82, 2.24) is 14.1 Å². The van der Waals surface area contributed by atoms with Crippen LogP contribution < -0.4 is 15.0 Å². The molecule has 8 nitrogen and oxygen atoms in total. The van der Waals surface area contributed by atoms with E-state index in [1.54, 1.807) is 39.4 Å². The third-order valence-electron chi connectivity index (χ3n) is 4.73. The quantitative estimate of drug-likeness (QED) is 0.637. The number of sulfonamides is 1. The van der Waals surface area contributed by atoms with Crippen LogP contribution in [0.4, 0.5) is 5.69 Å². The minimum Gasteiger partial charge on any atom is -0.468 e. The van der Waals surface area contributed by atoms with Gasteiger partial charge in [-0.25, -0.2) is 8.42 Å². The Morgan fingerprint density at radius 3 is 2.52 bits per heavy atom. The van der Waals surface area contributed by atoms with Crippen molar-refractivity contribution in [3.05, 3.63) is 40.3 Å². The monoisotopic (exact) mass is 418 g/mol. The summed E-state index contributed by atoms with van der Waals surface area (Å²) >= 11 is 0. The average molecular weight is 419 g/mol. The number of rotatable bonds is 7. The first-order valence-corrected chi connectivity index (χ1v) is 11.3. The highest BCUT2D eigenvalue weighted by Gasteiger charge is 2.18. The lowest BCUT2D eigenvalue weighted by atomic mass is 10.0. The van der Waals surface area contributed by atoms with E-state index >= 15 is 0 Å². The number of ether oxygens (including phenoxy) is 1. The van der Waals surface area contributed by atoms with Crippen LogP contribution >= 0.6 is 0 Å². The molecule has 0 amide bonds. The molecule has 0 aliphatic rings. The van der Waals surface area contributed by atoms with Gasteiger partial charge >= 0.3 is 0 Å². The standard InChI is InChI=1S/C20H26N4O4S/c1-6-7-8-24-17-11-14(15-9-13(2)19(25)23(3)12-15)10-16(22-29(5,26)27)18(17)21-20(24)28-4/h9-12,22H,6-8H2,1-5H3. The highest BCUT2D eigenvalue weighted by molar-refractivity contribution is 7.92. The summed E-state index contributed by atoms with van der Waals surface area (Å²) in [5, 5.41) is 0. The highest BCUT2D eigenvalue weighted by Crippen LogP contribution is 2.34. The number of aromatic nitrogens is 3. The number of fused-ring (bicyclic) bond motifs is 1. The molecule has 9 heteroatoms. The predicted molar refractivity (Wildman–Crippen MR) is 115 cm³/mol. The highest BCUT2D eigenvalue weighted by atomic mass is 32.2. The lowest BCUT2D eigenvalue weighted by Crippen LogP contribution is -2.18. The van der Waals surface area contributed by atoms with Crippen molar-refractivity contribution in [2.75, 3.05) is 18.1 Å². The second-order valence-corrected chi connectivity index (χ2v) is 8.95. The van der Waals surface area contributed by atoms with Gasteiger partial charge in [-0.1, -0.05) is 13.3 Å². The van der Waals surface area contributed by atoms with Gasteiger partial charge in [0.1, 0.15) is 5.52 Å². The number of aryl methyl sites for hydroxylation is 3. The lowest BCUT2D eigenvalue weighted by Gasteiger charge is -2.12. The second-order valence-electron chi connectivity index (χ2n) is 7.20. The molecule has 156 valence electrons. The Hall–Kier alpha value is -2.81. The van der Waals surface area contributed by atoms with Crippen LogP contribution in [0, 0.1) is 6.92 Å². The molecule has 2 heterocycles. The Morgan fingerprint density at radius 1 is 1.21 bits per heavy atom. The van der Waals surface area contributed by atoms with E-state index in [1.165, 1.54) is 4.57 Å². The third kappa shape index (κ3) is 4.29. The molecule has 1 aromatic carbocycles. The van der Waals surface area contributed by atoms with Crippen molar-refractivity contribution >= 4 is 26.7 Å². The van der Waals surface area contributed by atoms with Crippen LogP contribution in [0.2, 0.25) is 0 Å². The molecule has 3 aromatic rings. The summed E-state index contributed by atoms with van der Waals surface area (Å²) in [5.41, 5.74) is 3.80. The number of nitrogens with one attached hydrogen (secondary N) is 1. The molecule has 0 atom stereocenters. The minimum absolute atomic E-state index is 0.0704. The first kappa shape index (κ1) is 20.9. The van der Waals surface area contributed by atoms with Gasteiger partial charge in [0.25, 0.3) is 11.6 Å². The Balaban J connectivity index is 2.32. The minimum atomic E-state index is -3.51. The van der Waals surface area contributed by atoms with E-state index in [9.17, 15) is 13.2 Å². The van der Waals surface area contributed by atoms with Gasteiger partial charge in [-0.2, -0.15) is 4.98 Å². The van der Waals surface area contributed by atoms with Gasteiger partial charge in [0, 0.05) is 25.4 Å². The van der Waals surface area contributed by atoms with Crippen LogP contribution in [0.25, 0.3) is 22.2 Å². The van der Waals surface area contributed by atoms with Gasteiger partial charge in [-0.05, 0) is 42.7 Å². The molecule has 0 aliphatic heterocycles. The van der Waals surface area contributed by atoms with Crippen molar-refractivity contribution in [2.24, 2.45) is 7.05 Å². The molecule has 0 saturated heterocycles. The van der Waals surface area contributed by atoms with E-state index in [0.717, 1.165) is 35.7 Å². The Morgan fingerprint density at radius 2 is 1.93 bits per heavy atom. The smallest absolute Gasteiger partial charge is 0.297 e. The van der Waals surface area contributed by atoms with Crippen LogP contribution in [-0.2, 0) is 23.6 Å². The summed E-state index contributed by atoms with van der Waals surface area (Å²) < 4.78 is 35.4. The SMILES string of the molecule is CCCCn1c(OC)nc2c(NS(C)(=O)=O)cc(-c3cc(C)c(=O)n(C)c3)cc21. The van der Waals surface area contributed by atoms with Gasteiger partial charge in [0.05, 0.1) is 24.6 Å². The normalized spacial score (nSPS) is 11.8. The average Bonchev–Trinajstić information content (AvgIpc) is 3.00. The summed E-state index contributed by atoms with van der Waals surface area (Å²) in [5.74, 6) is 0. The molecule has 0 saturated carbocycles. The van der Waals surface area contributed by atoms with Crippen molar-refractivity contribution in [1.29, 1.82) is 0 Å². The fourth-order valence-electron chi connectivity index (χ4n) is 3.37. The van der Waals surface area contributed by atoms with E-state index in [2.05, 4.69) is 16.6 Å². The molecular formula is C20H26N4O4S. The molecule has 0 fully saturated rings. The molecule has 0 bridgehead atoms. The molecule has 0 aliphatic carbocycles. The summed E-state index contributed by atoms with van der Waals surface area (Å²) in [7, 11) is -0.271. The maximum Gasteiger partial charge on any atom is 0.297 e. The maximum absolute atomic E-state index is 12.1. The Kier molecular flexibility index (Phi) is 5.70. The lowest BCUT2D eigenvalue weighted by molar-refractivity contribution is 0.357. The molecule has 29 heavy (non-hydrogen) atoms. The number of nitrogens with zero attached hydrogens (tertiary/aromatic N) is 3. The summed E-state index contributed by atoms with van der Waals surface area (Å²) in [6, 6.07) is 5.92. The van der Waals surface area contributed by atoms with E-state index in [-0.39, 0.29) is 5.56 Å². The van der Waals surface area contributed by atoms with Gasteiger partial charge < -0.3 is 9.30 Å². The number of benzene rings is 1. The zero-order valence-electron chi connectivity index (χ0n) is 17.3. The van der Waals surface area contributed by atoms with E-state index in [0.29, 0.717) is 29.3 Å². The van der Waals surface area contributed by atoms with Gasteiger partial charge in [-0.3, -0.25) is 14.1 Å². The number of methoxy groups -OCH3 is 1. The van der Waals surface area contributed by atoms with Crippen LogP contribution in [0.5, 0.6) is 6.01 Å². The Labute approximate surface area is 170 Å². The van der Waals surface area contributed by atoms with E-state index in [1.807, 2.05) is 10.6 Å². The fraction of sp³-hybridized carbons (Fsp3) is 0.400. The number of imidazole rings is 1. The molecule has 0 unspecified atom stereocenters. The Bertz CT molecular complexity index is 1200. The van der Waals surface area contributed by atoms with Gasteiger partial charge in [-0.15, -0.1) is 0 Å². The number of hydrogen-bond donors (Lipinski definition) is 1. The molecule has 1 N–H and O–H groups in total. The number of unbranched alkanes of at least 4 members (excludes halogenated alkanes) is 1. The van der Waals surface area contributed by atoms with E-state index in [4.69, 9.17) is 4.74 Å².